The van der Waals surface area contributed by atoms with E-state index in [1.54, 1.807) is 0 Å². The fourth-order valence-corrected chi connectivity index (χ4v) is 5.27. The molecule has 106 valence electrons. The number of nitrogens with one attached hydrogen (secondary N) is 1. The van der Waals surface area contributed by atoms with Crippen molar-refractivity contribution in [2.24, 2.45) is 0 Å². The highest BCUT2D eigenvalue weighted by Gasteiger charge is 2.30. The van der Waals surface area contributed by atoms with E-state index < -0.39 is 0 Å². The van der Waals surface area contributed by atoms with Crippen molar-refractivity contribution in [2.75, 3.05) is 12.3 Å². The Hall–Kier alpha value is 0.400. The molecule has 0 aromatic heterocycles. The summed E-state index contributed by atoms with van der Waals surface area (Å²) in [5.41, 5.74) is 1.39. The van der Waals surface area contributed by atoms with Crippen LogP contribution in [0.25, 0.3) is 0 Å². The zero-order chi connectivity index (χ0) is 13.5. The standard InChI is InChI=1S/C15H29NS2/c1-6-8-16-14(9-11(3)7-2)15-10-17-12(4)13(5)18-15/h12-16H,3,6-10H2,1-2,4-5H3. The van der Waals surface area contributed by atoms with Crippen molar-refractivity contribution in [2.45, 2.75) is 68.7 Å². The van der Waals surface area contributed by atoms with Crippen molar-refractivity contribution in [1.29, 1.82) is 0 Å². The molecule has 0 aliphatic carbocycles. The van der Waals surface area contributed by atoms with E-state index >= 15 is 0 Å². The summed E-state index contributed by atoms with van der Waals surface area (Å²) in [7, 11) is 0. The number of hydrogen-bond donors (Lipinski definition) is 1. The van der Waals surface area contributed by atoms with Gasteiger partial charge in [-0.15, -0.1) is 0 Å². The molecule has 0 amide bonds. The highest BCUT2D eigenvalue weighted by Crippen LogP contribution is 2.38. The van der Waals surface area contributed by atoms with Crippen molar-refractivity contribution in [3.05, 3.63) is 12.2 Å². The first-order valence-corrected chi connectivity index (χ1v) is 9.24. The molecular formula is C15H29NS2. The Labute approximate surface area is 122 Å². The van der Waals surface area contributed by atoms with Crippen LogP contribution in [0.5, 0.6) is 0 Å². The average Bonchev–Trinajstić information content (AvgIpc) is 2.37. The van der Waals surface area contributed by atoms with Crippen molar-refractivity contribution >= 4 is 23.5 Å². The molecule has 1 aliphatic heterocycles. The van der Waals surface area contributed by atoms with Gasteiger partial charge in [-0.05, 0) is 25.8 Å². The summed E-state index contributed by atoms with van der Waals surface area (Å²) in [5.74, 6) is 1.29. The Morgan fingerprint density at radius 1 is 1.33 bits per heavy atom. The summed E-state index contributed by atoms with van der Waals surface area (Å²) in [6.07, 6.45) is 3.47. The maximum Gasteiger partial charge on any atom is 0.0298 e. The topological polar surface area (TPSA) is 12.0 Å². The van der Waals surface area contributed by atoms with Gasteiger partial charge in [-0.3, -0.25) is 0 Å². The monoisotopic (exact) mass is 287 g/mol. The van der Waals surface area contributed by atoms with E-state index in [2.05, 4.69) is 63.1 Å². The maximum absolute atomic E-state index is 4.19. The Balaban J connectivity index is 2.55. The third kappa shape index (κ3) is 5.18. The molecule has 1 nitrogen and oxygen atoms in total. The van der Waals surface area contributed by atoms with Crippen molar-refractivity contribution < 1.29 is 0 Å². The second-order valence-corrected chi connectivity index (χ2v) is 8.32. The lowest BCUT2D eigenvalue weighted by Gasteiger charge is -2.36. The summed E-state index contributed by atoms with van der Waals surface area (Å²) in [6.45, 7) is 14.5. The van der Waals surface area contributed by atoms with E-state index in [1.165, 1.54) is 17.7 Å². The predicted molar refractivity (Wildman–Crippen MR) is 88.9 cm³/mol. The van der Waals surface area contributed by atoms with Crippen LogP contribution in [0.2, 0.25) is 0 Å². The van der Waals surface area contributed by atoms with Crippen LogP contribution in [0.15, 0.2) is 12.2 Å². The van der Waals surface area contributed by atoms with Crippen LogP contribution < -0.4 is 5.32 Å². The van der Waals surface area contributed by atoms with Gasteiger partial charge in [0.25, 0.3) is 0 Å². The fourth-order valence-electron chi connectivity index (χ4n) is 2.14. The van der Waals surface area contributed by atoms with E-state index in [9.17, 15) is 0 Å². The van der Waals surface area contributed by atoms with Crippen molar-refractivity contribution in [1.82, 2.24) is 5.32 Å². The smallest absolute Gasteiger partial charge is 0.0298 e. The second kappa shape index (κ2) is 8.55. The van der Waals surface area contributed by atoms with Gasteiger partial charge in [0.1, 0.15) is 0 Å². The van der Waals surface area contributed by atoms with Crippen LogP contribution in [0.1, 0.15) is 47.0 Å². The van der Waals surface area contributed by atoms with Gasteiger partial charge < -0.3 is 5.32 Å². The quantitative estimate of drug-likeness (QED) is 0.700. The molecule has 4 atom stereocenters. The molecule has 0 spiro atoms. The normalized spacial score (nSPS) is 30.1. The molecule has 1 heterocycles. The van der Waals surface area contributed by atoms with E-state index in [4.69, 9.17) is 0 Å². The lowest BCUT2D eigenvalue weighted by molar-refractivity contribution is 0.499. The lowest BCUT2D eigenvalue weighted by Crippen LogP contribution is -2.43. The Kier molecular flexibility index (Phi) is 7.81. The summed E-state index contributed by atoms with van der Waals surface area (Å²) in [6, 6.07) is 0.616. The highest BCUT2D eigenvalue weighted by atomic mass is 32.2. The molecule has 0 aromatic carbocycles. The Morgan fingerprint density at radius 2 is 2.06 bits per heavy atom. The molecule has 18 heavy (non-hydrogen) atoms. The molecule has 1 saturated heterocycles. The molecule has 0 saturated carbocycles. The third-order valence-corrected chi connectivity index (χ3v) is 7.24. The Bertz CT molecular complexity index is 255. The summed E-state index contributed by atoms with van der Waals surface area (Å²) in [4.78, 5) is 0. The molecule has 0 bridgehead atoms. The van der Waals surface area contributed by atoms with Gasteiger partial charge in [-0.1, -0.05) is 39.8 Å². The van der Waals surface area contributed by atoms with E-state index in [-0.39, 0.29) is 0 Å². The Morgan fingerprint density at radius 3 is 2.61 bits per heavy atom. The molecule has 4 unspecified atom stereocenters. The molecular weight excluding hydrogens is 258 g/mol. The first kappa shape index (κ1) is 16.5. The van der Waals surface area contributed by atoms with Gasteiger partial charge in [0.15, 0.2) is 0 Å². The molecule has 3 heteroatoms. The van der Waals surface area contributed by atoms with Crippen LogP contribution >= 0.6 is 23.5 Å². The average molecular weight is 288 g/mol. The van der Waals surface area contributed by atoms with Gasteiger partial charge in [0, 0.05) is 27.5 Å². The molecule has 0 radical (unpaired) electrons. The van der Waals surface area contributed by atoms with E-state index in [1.807, 2.05) is 0 Å². The minimum Gasteiger partial charge on any atom is -0.313 e. The summed E-state index contributed by atoms with van der Waals surface area (Å²) >= 11 is 4.32. The summed E-state index contributed by atoms with van der Waals surface area (Å²) in [5, 5.41) is 6.06. The maximum atomic E-state index is 4.19. The summed E-state index contributed by atoms with van der Waals surface area (Å²) < 4.78 is 0. The zero-order valence-electron chi connectivity index (χ0n) is 12.4. The van der Waals surface area contributed by atoms with Gasteiger partial charge in [-0.25, -0.2) is 0 Å². The fraction of sp³-hybridized carbons (Fsp3) is 0.867. The van der Waals surface area contributed by atoms with Crippen LogP contribution in [-0.4, -0.2) is 34.1 Å². The zero-order valence-corrected chi connectivity index (χ0v) is 14.0. The van der Waals surface area contributed by atoms with E-state index in [0.717, 1.165) is 35.1 Å². The molecule has 1 rings (SSSR count). The van der Waals surface area contributed by atoms with Crippen LogP contribution in [0.3, 0.4) is 0 Å². The van der Waals surface area contributed by atoms with Gasteiger partial charge >= 0.3 is 0 Å². The predicted octanol–water partition coefficient (Wildman–Crippen LogP) is 4.34. The SMILES string of the molecule is C=C(CC)CC(NCCC)C1CSC(C)C(C)S1. The molecule has 0 aromatic rings. The van der Waals surface area contributed by atoms with E-state index in [0.29, 0.717) is 6.04 Å². The second-order valence-electron chi connectivity index (χ2n) is 5.29. The number of thioether (sulfide) groups is 2. The first-order chi connectivity index (χ1) is 8.58. The lowest BCUT2D eigenvalue weighted by atomic mass is 10.0. The van der Waals surface area contributed by atoms with Gasteiger partial charge in [0.05, 0.1) is 0 Å². The van der Waals surface area contributed by atoms with Gasteiger partial charge in [0.2, 0.25) is 0 Å². The first-order valence-electron chi connectivity index (χ1n) is 7.25. The minimum atomic E-state index is 0.616. The number of rotatable bonds is 7. The van der Waals surface area contributed by atoms with Crippen LogP contribution in [-0.2, 0) is 0 Å². The molecule has 1 N–H and O–H groups in total. The third-order valence-electron chi connectivity index (χ3n) is 3.69. The van der Waals surface area contributed by atoms with Crippen molar-refractivity contribution in [3.63, 3.8) is 0 Å². The largest absolute Gasteiger partial charge is 0.313 e. The van der Waals surface area contributed by atoms with Crippen LogP contribution in [0, 0.1) is 0 Å². The molecule has 1 fully saturated rings. The van der Waals surface area contributed by atoms with Crippen LogP contribution in [0.4, 0.5) is 0 Å². The number of hydrogen-bond acceptors (Lipinski definition) is 3. The minimum absolute atomic E-state index is 0.616. The van der Waals surface area contributed by atoms with Gasteiger partial charge in [-0.2, -0.15) is 23.5 Å². The molecule has 1 aliphatic rings. The highest BCUT2D eigenvalue weighted by molar-refractivity contribution is 8.07. The van der Waals surface area contributed by atoms with Crippen molar-refractivity contribution in [3.8, 4) is 0 Å².